The molecule has 3 aromatic carbocycles. The number of nitrogens with one attached hydrogen (secondary N) is 1. The molecule has 0 spiro atoms. The highest BCUT2D eigenvalue weighted by atomic mass is 35.5. The number of hydrogen-bond acceptors (Lipinski definition) is 9. The molecule has 2 saturated heterocycles. The summed E-state index contributed by atoms with van der Waals surface area (Å²) in [5.41, 5.74) is 2.61. The van der Waals surface area contributed by atoms with Crippen molar-refractivity contribution in [1.29, 1.82) is 0 Å². The van der Waals surface area contributed by atoms with Gasteiger partial charge >= 0.3 is 12.0 Å². The van der Waals surface area contributed by atoms with Crippen LogP contribution < -0.4 is 15.0 Å². The summed E-state index contributed by atoms with van der Waals surface area (Å²) in [5.74, 6) is 0.622. The fraction of sp³-hybridized carbons (Fsp3) is 0.229. The third kappa shape index (κ3) is 6.58. The van der Waals surface area contributed by atoms with Crippen LogP contribution in [0.1, 0.15) is 16.6 Å². The zero-order valence-corrected chi connectivity index (χ0v) is 27.7. The van der Waals surface area contributed by atoms with E-state index in [1.54, 1.807) is 35.4 Å². The molecule has 0 radical (unpaired) electrons. The number of hydrogen-bond donors (Lipinski definition) is 1. The number of carbonyl (C=O) groups is 2. The van der Waals surface area contributed by atoms with Crippen LogP contribution in [-0.2, 0) is 9.53 Å². The Kier molecular flexibility index (Phi) is 9.01. The number of anilines is 1. The first-order valence-corrected chi connectivity index (χ1v) is 16.6. The SMILES string of the molecule is [C-]#[N+]c1ccc(Oc2ccc(N3C[C@@H]4CN(CC5=C(C(=O)OC)[C@H](c6ccc(F)cc6Cl)N=C(c6nccs6)N5)CCN4C3=O)cc2)cc1. The maximum atomic E-state index is 14.0. The Morgan fingerprint density at radius 1 is 1.10 bits per heavy atom. The molecule has 0 aliphatic carbocycles. The number of esters is 1. The number of benzene rings is 3. The molecule has 49 heavy (non-hydrogen) atoms. The normalized spacial score (nSPS) is 19.2. The second kappa shape index (κ2) is 13.7. The zero-order valence-electron chi connectivity index (χ0n) is 26.2. The van der Waals surface area contributed by atoms with Gasteiger partial charge in [-0.25, -0.2) is 23.8 Å². The first-order chi connectivity index (χ1) is 23.8. The van der Waals surface area contributed by atoms with Crippen LogP contribution in [0.2, 0.25) is 5.02 Å². The Labute approximate surface area is 290 Å². The molecule has 4 heterocycles. The standard InChI is InChI=1S/C35H29ClFN7O4S/c1-38-22-4-8-25(9-5-22)48-26-10-6-23(7-11-26)44-19-24-18-42(14-15-43(24)35(44)46)20-29-30(34(45)47-2)31(27-12-3-21(37)17-28(27)36)41-32(40-29)33-39-13-16-49-33/h3-13,16-17,24,31H,14-15,18-20H2,2H3,(H,40,41)/t24-,31-/m0/s1. The molecule has 14 heteroatoms. The Morgan fingerprint density at radius 2 is 1.86 bits per heavy atom. The van der Waals surface area contributed by atoms with Crippen molar-refractivity contribution in [3.63, 3.8) is 0 Å². The van der Waals surface area contributed by atoms with Crippen molar-refractivity contribution in [2.24, 2.45) is 4.99 Å². The maximum absolute atomic E-state index is 14.0. The average molecular weight is 698 g/mol. The Balaban J connectivity index is 1.10. The summed E-state index contributed by atoms with van der Waals surface area (Å²) in [7, 11) is 1.31. The van der Waals surface area contributed by atoms with Crippen molar-refractivity contribution < 1.29 is 23.5 Å². The van der Waals surface area contributed by atoms with Crippen LogP contribution >= 0.6 is 22.9 Å². The number of halogens is 2. The summed E-state index contributed by atoms with van der Waals surface area (Å²) in [4.78, 5) is 45.3. The Bertz CT molecular complexity index is 2000. The summed E-state index contributed by atoms with van der Waals surface area (Å²) in [5, 5.41) is 5.93. The third-order valence-electron chi connectivity index (χ3n) is 8.59. The number of amides is 2. The summed E-state index contributed by atoms with van der Waals surface area (Å²) in [6.45, 7) is 9.57. The van der Waals surface area contributed by atoms with Gasteiger partial charge < -0.3 is 19.7 Å². The number of fused-ring (bicyclic) bond motifs is 1. The molecule has 0 unspecified atom stereocenters. The van der Waals surface area contributed by atoms with Gasteiger partial charge in [0.25, 0.3) is 0 Å². The number of methoxy groups -OCH3 is 1. The predicted molar refractivity (Wildman–Crippen MR) is 184 cm³/mol. The molecular weight excluding hydrogens is 669 g/mol. The molecule has 2 fully saturated rings. The van der Waals surface area contributed by atoms with E-state index < -0.39 is 17.8 Å². The number of rotatable bonds is 8. The number of carbonyl (C=O) groups excluding carboxylic acids is 2. The van der Waals surface area contributed by atoms with Gasteiger partial charge in [0.1, 0.15) is 23.4 Å². The van der Waals surface area contributed by atoms with E-state index in [2.05, 4.69) is 20.0 Å². The highest BCUT2D eigenvalue weighted by Gasteiger charge is 2.42. The molecular formula is C35H29ClFN7O4S. The highest BCUT2D eigenvalue weighted by molar-refractivity contribution is 7.11. The van der Waals surface area contributed by atoms with Crippen LogP contribution in [0.25, 0.3) is 4.85 Å². The van der Waals surface area contributed by atoms with E-state index in [0.717, 1.165) is 5.69 Å². The number of nitrogens with zero attached hydrogens (tertiary/aromatic N) is 6. The van der Waals surface area contributed by atoms with Crippen LogP contribution in [0, 0.1) is 12.4 Å². The topological polar surface area (TPSA) is 104 Å². The van der Waals surface area contributed by atoms with Crippen molar-refractivity contribution in [3.05, 3.63) is 122 Å². The van der Waals surface area contributed by atoms with Gasteiger partial charge in [-0.05, 0) is 48.5 Å². The number of aromatic nitrogens is 1. The predicted octanol–water partition coefficient (Wildman–Crippen LogP) is 6.42. The fourth-order valence-electron chi connectivity index (χ4n) is 6.24. The molecule has 1 aromatic heterocycles. The molecule has 0 saturated carbocycles. The van der Waals surface area contributed by atoms with Crippen LogP contribution in [0.5, 0.6) is 11.5 Å². The zero-order chi connectivity index (χ0) is 34.1. The van der Waals surface area contributed by atoms with Crippen molar-refractivity contribution in [1.82, 2.24) is 20.1 Å². The van der Waals surface area contributed by atoms with Crippen LogP contribution in [-0.4, -0.2) is 78.5 Å². The molecule has 3 aliphatic heterocycles. The lowest BCUT2D eigenvalue weighted by molar-refractivity contribution is -0.136. The van der Waals surface area contributed by atoms with Crippen LogP contribution in [0.4, 0.5) is 20.6 Å². The lowest BCUT2D eigenvalue weighted by Crippen LogP contribution is -2.53. The van der Waals surface area contributed by atoms with Gasteiger partial charge in [0.05, 0.1) is 25.3 Å². The molecule has 2 atom stereocenters. The molecule has 248 valence electrons. The van der Waals surface area contributed by atoms with E-state index in [-0.39, 0.29) is 22.7 Å². The smallest absolute Gasteiger partial charge is 0.338 e. The average Bonchev–Trinajstić information content (AvgIpc) is 3.77. The third-order valence-corrected chi connectivity index (χ3v) is 9.70. The van der Waals surface area contributed by atoms with Crippen molar-refractivity contribution in [2.75, 3.05) is 44.7 Å². The van der Waals surface area contributed by atoms with E-state index in [1.807, 2.05) is 34.5 Å². The number of urea groups is 1. The fourth-order valence-corrected chi connectivity index (χ4v) is 7.10. The highest BCUT2D eigenvalue weighted by Crippen LogP contribution is 2.37. The molecule has 7 rings (SSSR count). The van der Waals surface area contributed by atoms with E-state index >= 15 is 0 Å². The largest absolute Gasteiger partial charge is 0.466 e. The molecule has 2 amide bonds. The van der Waals surface area contributed by atoms with Crippen LogP contribution in [0.3, 0.4) is 0 Å². The Morgan fingerprint density at radius 3 is 2.53 bits per heavy atom. The van der Waals surface area contributed by atoms with Crippen molar-refractivity contribution in [3.8, 4) is 11.5 Å². The number of thiazole rings is 1. The number of ether oxygens (including phenoxy) is 2. The monoisotopic (exact) mass is 697 g/mol. The van der Waals surface area contributed by atoms with Gasteiger partial charge in [-0.3, -0.25) is 14.8 Å². The van der Waals surface area contributed by atoms with Gasteiger partial charge in [-0.1, -0.05) is 29.8 Å². The molecule has 1 N–H and O–H groups in total. The summed E-state index contributed by atoms with van der Waals surface area (Å²) < 4.78 is 25.1. The lowest BCUT2D eigenvalue weighted by atomic mass is 9.95. The van der Waals surface area contributed by atoms with Crippen LogP contribution in [0.15, 0.2) is 94.6 Å². The molecule has 3 aliphatic rings. The minimum absolute atomic E-state index is 0.0671. The van der Waals surface area contributed by atoms with Gasteiger partial charge in [-0.2, -0.15) is 0 Å². The van der Waals surface area contributed by atoms with Gasteiger partial charge in [0.15, 0.2) is 16.5 Å². The minimum Gasteiger partial charge on any atom is -0.466 e. The molecule has 11 nitrogen and oxygen atoms in total. The maximum Gasteiger partial charge on any atom is 0.338 e. The van der Waals surface area contributed by atoms with Gasteiger partial charge in [0, 0.05) is 66.3 Å². The Hall–Kier alpha value is -5.29. The molecule has 0 bridgehead atoms. The minimum atomic E-state index is -0.856. The first-order valence-electron chi connectivity index (χ1n) is 15.4. The summed E-state index contributed by atoms with van der Waals surface area (Å²) in [6, 6.07) is 17.2. The number of aliphatic imine (C=N–C) groups is 1. The lowest BCUT2D eigenvalue weighted by Gasteiger charge is -2.38. The van der Waals surface area contributed by atoms with E-state index in [4.69, 9.17) is 32.6 Å². The van der Waals surface area contributed by atoms with Crippen molar-refractivity contribution >= 4 is 52.1 Å². The second-order valence-electron chi connectivity index (χ2n) is 11.6. The quantitative estimate of drug-likeness (QED) is 0.167. The van der Waals surface area contributed by atoms with Gasteiger partial charge in [-0.15, -0.1) is 11.3 Å². The second-order valence-corrected chi connectivity index (χ2v) is 12.9. The number of piperazine rings is 1. The number of amidine groups is 1. The van der Waals surface area contributed by atoms with E-state index in [0.29, 0.717) is 72.0 Å². The van der Waals surface area contributed by atoms with E-state index in [1.165, 1.54) is 36.6 Å². The van der Waals surface area contributed by atoms with Gasteiger partial charge in [0.2, 0.25) is 0 Å². The summed E-state index contributed by atoms with van der Waals surface area (Å²) in [6.07, 6.45) is 1.67. The van der Waals surface area contributed by atoms with Crippen molar-refractivity contribution in [2.45, 2.75) is 12.1 Å². The first kappa shape index (κ1) is 32.3. The van der Waals surface area contributed by atoms with E-state index in [9.17, 15) is 14.0 Å². The summed E-state index contributed by atoms with van der Waals surface area (Å²) >= 11 is 7.89. The molecule has 4 aromatic rings.